The van der Waals surface area contributed by atoms with Crippen molar-refractivity contribution >= 4 is 23.7 Å². The second kappa shape index (κ2) is 16.2. The number of benzene rings is 2. The number of nitrogens with one attached hydrogen (secondary N) is 3. The van der Waals surface area contributed by atoms with Gasteiger partial charge < -0.3 is 20.7 Å². The summed E-state index contributed by atoms with van der Waals surface area (Å²) in [5, 5.41) is 8.78. The standard InChI is InChI=1S/C34H48N4O5/c1-6-25(4)30(31(40)35-22-26-14-9-7-10-15-26)37-32(41)34(18-13-19-38(34)5)29(39)21-28(20-24(2)3)36-33(42)43-23-27-16-11-8-12-17-27/h7-12,14-17,24-25,28,30H,6,13,18-23H2,1-5H3,(H,35,40)(H,36,42)(H,37,41)/t25-,28+,30-,34+/m0/s1. The first kappa shape index (κ1) is 33.8. The van der Waals surface area contributed by atoms with E-state index in [-0.39, 0.29) is 36.6 Å². The minimum atomic E-state index is -1.42. The summed E-state index contributed by atoms with van der Waals surface area (Å²) >= 11 is 0. The van der Waals surface area contributed by atoms with Crippen LogP contribution in [0.5, 0.6) is 0 Å². The summed E-state index contributed by atoms with van der Waals surface area (Å²) in [7, 11) is 1.78. The zero-order chi connectivity index (χ0) is 31.4. The fourth-order valence-corrected chi connectivity index (χ4v) is 5.66. The van der Waals surface area contributed by atoms with Crippen LogP contribution in [0.1, 0.15) is 70.9 Å². The van der Waals surface area contributed by atoms with E-state index >= 15 is 0 Å². The normalized spacial score (nSPS) is 18.8. The average Bonchev–Trinajstić information content (AvgIpc) is 3.39. The summed E-state index contributed by atoms with van der Waals surface area (Å²) in [6.07, 6.45) is 1.61. The van der Waals surface area contributed by atoms with Crippen LogP contribution in [0.4, 0.5) is 4.79 Å². The van der Waals surface area contributed by atoms with Gasteiger partial charge in [0.05, 0.1) is 0 Å². The Hall–Kier alpha value is -3.72. The van der Waals surface area contributed by atoms with E-state index in [4.69, 9.17) is 4.74 Å². The first-order chi connectivity index (χ1) is 20.6. The average molecular weight is 593 g/mol. The first-order valence-corrected chi connectivity index (χ1v) is 15.4. The molecule has 234 valence electrons. The van der Waals surface area contributed by atoms with Gasteiger partial charge in [0.15, 0.2) is 11.3 Å². The number of likely N-dealkylation sites (N-methyl/N-ethyl adjacent to an activating group) is 1. The molecular formula is C34H48N4O5. The highest BCUT2D eigenvalue weighted by atomic mass is 16.5. The molecule has 3 N–H and O–H groups in total. The Balaban J connectivity index is 1.73. The summed E-state index contributed by atoms with van der Waals surface area (Å²) < 4.78 is 5.42. The largest absolute Gasteiger partial charge is 0.445 e. The number of nitrogens with zero attached hydrogens (tertiary/aromatic N) is 1. The molecule has 1 aliphatic heterocycles. The molecule has 0 radical (unpaired) electrons. The molecule has 1 aliphatic rings. The molecule has 0 aliphatic carbocycles. The lowest BCUT2D eigenvalue weighted by atomic mass is 9.84. The van der Waals surface area contributed by atoms with Crippen molar-refractivity contribution in [3.05, 3.63) is 71.8 Å². The fourth-order valence-electron chi connectivity index (χ4n) is 5.66. The molecule has 1 fully saturated rings. The first-order valence-electron chi connectivity index (χ1n) is 15.4. The van der Waals surface area contributed by atoms with Crippen LogP contribution in [0.25, 0.3) is 0 Å². The molecular weight excluding hydrogens is 544 g/mol. The molecule has 1 heterocycles. The Morgan fingerprint density at radius 1 is 0.930 bits per heavy atom. The van der Waals surface area contributed by atoms with E-state index in [1.807, 2.05) is 88.4 Å². The van der Waals surface area contributed by atoms with Crippen molar-refractivity contribution in [2.45, 2.75) is 90.6 Å². The molecule has 0 spiro atoms. The number of carbonyl (C=O) groups is 4. The van der Waals surface area contributed by atoms with Crippen LogP contribution in [-0.2, 0) is 32.3 Å². The SMILES string of the molecule is CC[C@H](C)[C@H](NC(=O)[C@]1(C(=O)C[C@@H](CC(C)C)NC(=O)OCc2ccccc2)CCCN1C)C(=O)NCc1ccccc1. The van der Waals surface area contributed by atoms with Gasteiger partial charge in [-0.1, -0.05) is 94.8 Å². The van der Waals surface area contributed by atoms with Crippen LogP contribution in [0.3, 0.4) is 0 Å². The van der Waals surface area contributed by atoms with Crippen LogP contribution < -0.4 is 16.0 Å². The third-order valence-corrected chi connectivity index (χ3v) is 8.33. The predicted molar refractivity (Wildman–Crippen MR) is 167 cm³/mol. The second-order valence-electron chi connectivity index (χ2n) is 12.1. The highest BCUT2D eigenvalue weighted by Gasteiger charge is 2.52. The minimum Gasteiger partial charge on any atom is -0.445 e. The van der Waals surface area contributed by atoms with Crippen LogP contribution in [0.15, 0.2) is 60.7 Å². The maximum atomic E-state index is 14.1. The van der Waals surface area contributed by atoms with E-state index < -0.39 is 29.6 Å². The van der Waals surface area contributed by atoms with E-state index in [2.05, 4.69) is 16.0 Å². The Labute approximate surface area is 256 Å². The molecule has 2 aromatic carbocycles. The number of Topliss-reactive ketones (excluding diaryl/α,β-unsaturated/α-hetero) is 1. The number of ketones is 1. The second-order valence-corrected chi connectivity index (χ2v) is 12.1. The zero-order valence-corrected chi connectivity index (χ0v) is 26.2. The fraction of sp³-hybridized carbons (Fsp3) is 0.529. The number of ether oxygens (including phenoxy) is 1. The molecule has 1 saturated heterocycles. The third kappa shape index (κ3) is 9.38. The number of hydrogen-bond acceptors (Lipinski definition) is 6. The van der Waals surface area contributed by atoms with Crippen molar-refractivity contribution in [1.29, 1.82) is 0 Å². The lowest BCUT2D eigenvalue weighted by molar-refractivity contribution is -0.145. The Morgan fingerprint density at radius 2 is 1.56 bits per heavy atom. The number of hydrogen-bond donors (Lipinski definition) is 3. The highest BCUT2D eigenvalue weighted by Crippen LogP contribution is 2.32. The van der Waals surface area contributed by atoms with Gasteiger partial charge in [-0.3, -0.25) is 19.3 Å². The quantitative estimate of drug-likeness (QED) is 0.260. The van der Waals surface area contributed by atoms with E-state index in [9.17, 15) is 19.2 Å². The predicted octanol–water partition coefficient (Wildman–Crippen LogP) is 4.60. The van der Waals surface area contributed by atoms with Gasteiger partial charge >= 0.3 is 6.09 Å². The summed E-state index contributed by atoms with van der Waals surface area (Å²) in [4.78, 5) is 55.9. The van der Waals surface area contributed by atoms with Crippen molar-refractivity contribution in [3.63, 3.8) is 0 Å². The molecule has 43 heavy (non-hydrogen) atoms. The third-order valence-electron chi connectivity index (χ3n) is 8.33. The minimum absolute atomic E-state index is 0.0232. The van der Waals surface area contributed by atoms with Gasteiger partial charge in [0.2, 0.25) is 11.8 Å². The Kier molecular flexibility index (Phi) is 12.7. The zero-order valence-electron chi connectivity index (χ0n) is 26.2. The van der Waals surface area contributed by atoms with E-state index in [1.165, 1.54) is 0 Å². The smallest absolute Gasteiger partial charge is 0.407 e. The molecule has 4 atom stereocenters. The lowest BCUT2D eigenvalue weighted by Gasteiger charge is -2.36. The lowest BCUT2D eigenvalue weighted by Crippen LogP contribution is -2.64. The van der Waals surface area contributed by atoms with Gasteiger partial charge in [0.25, 0.3) is 0 Å². The molecule has 9 heteroatoms. The summed E-state index contributed by atoms with van der Waals surface area (Å²) in [5.41, 5.74) is 0.398. The molecule has 0 unspecified atom stereocenters. The maximum absolute atomic E-state index is 14.1. The molecule has 3 rings (SSSR count). The number of amides is 3. The van der Waals surface area contributed by atoms with Crippen molar-refractivity contribution in [2.75, 3.05) is 13.6 Å². The van der Waals surface area contributed by atoms with Crippen LogP contribution >= 0.6 is 0 Å². The summed E-state index contributed by atoms with van der Waals surface area (Å²) in [6.45, 7) is 8.96. The van der Waals surface area contributed by atoms with Gasteiger partial charge in [-0.05, 0) is 55.8 Å². The van der Waals surface area contributed by atoms with E-state index in [0.29, 0.717) is 38.8 Å². The van der Waals surface area contributed by atoms with Crippen molar-refractivity contribution in [1.82, 2.24) is 20.9 Å². The van der Waals surface area contributed by atoms with Gasteiger partial charge in [-0.25, -0.2) is 4.79 Å². The van der Waals surface area contributed by atoms with Crippen molar-refractivity contribution in [2.24, 2.45) is 11.8 Å². The van der Waals surface area contributed by atoms with Gasteiger partial charge in [0, 0.05) is 19.0 Å². The maximum Gasteiger partial charge on any atom is 0.407 e. The van der Waals surface area contributed by atoms with Gasteiger partial charge in [0.1, 0.15) is 12.6 Å². The van der Waals surface area contributed by atoms with Crippen LogP contribution in [0, 0.1) is 11.8 Å². The van der Waals surface area contributed by atoms with Gasteiger partial charge in [-0.2, -0.15) is 0 Å². The van der Waals surface area contributed by atoms with Crippen LogP contribution in [0.2, 0.25) is 0 Å². The van der Waals surface area contributed by atoms with Crippen molar-refractivity contribution in [3.8, 4) is 0 Å². The number of carbonyl (C=O) groups excluding carboxylic acids is 4. The molecule has 3 amide bonds. The number of rotatable bonds is 15. The molecule has 2 aromatic rings. The van der Waals surface area contributed by atoms with Crippen LogP contribution in [-0.4, -0.2) is 59.8 Å². The summed E-state index contributed by atoms with van der Waals surface area (Å²) in [5.74, 6) is -0.968. The van der Waals surface area contributed by atoms with E-state index in [1.54, 1.807) is 11.9 Å². The topological polar surface area (TPSA) is 117 Å². The highest BCUT2D eigenvalue weighted by molar-refractivity contribution is 6.12. The monoisotopic (exact) mass is 592 g/mol. The molecule has 0 bridgehead atoms. The Morgan fingerprint density at radius 3 is 2.12 bits per heavy atom. The molecule has 0 saturated carbocycles. The molecule has 0 aromatic heterocycles. The number of likely N-dealkylation sites (tertiary alicyclic amines) is 1. The molecule has 9 nitrogen and oxygen atoms in total. The number of alkyl carbamates (subject to hydrolysis) is 1. The van der Waals surface area contributed by atoms with E-state index in [0.717, 1.165) is 11.1 Å². The van der Waals surface area contributed by atoms with Crippen molar-refractivity contribution < 1.29 is 23.9 Å². The summed E-state index contributed by atoms with van der Waals surface area (Å²) in [6, 6.07) is 17.7. The Bertz CT molecular complexity index is 1210. The van der Waals surface area contributed by atoms with Gasteiger partial charge in [-0.15, -0.1) is 0 Å².